The summed E-state index contributed by atoms with van der Waals surface area (Å²) in [4.78, 5) is 14.8. The fourth-order valence-electron chi connectivity index (χ4n) is 3.52. The van der Waals surface area contributed by atoms with Crippen LogP contribution in [0.3, 0.4) is 0 Å². The van der Waals surface area contributed by atoms with E-state index >= 15 is 0 Å². The van der Waals surface area contributed by atoms with Crippen LogP contribution in [0.2, 0.25) is 0 Å². The van der Waals surface area contributed by atoms with E-state index in [1.807, 2.05) is 38.1 Å². The fourth-order valence-corrected chi connectivity index (χ4v) is 3.52. The number of carbonyl (C=O) groups is 1. The number of nitrogens with one attached hydrogen (secondary N) is 2. The summed E-state index contributed by atoms with van der Waals surface area (Å²) in [6, 6.07) is 16.4. The zero-order chi connectivity index (χ0) is 17.9. The molecule has 0 radical (unpaired) electrons. The molecule has 0 aromatic heterocycles. The van der Waals surface area contributed by atoms with Gasteiger partial charge in [0.1, 0.15) is 5.66 Å². The first-order valence-electron chi connectivity index (χ1n) is 9.17. The van der Waals surface area contributed by atoms with Gasteiger partial charge >= 0.3 is 0 Å². The number of hydrogen-bond donors (Lipinski definition) is 2. The van der Waals surface area contributed by atoms with Crippen LogP contribution in [0.25, 0.3) is 0 Å². The normalized spacial score (nSPS) is 17.7. The van der Waals surface area contributed by atoms with Crippen LogP contribution < -0.4 is 15.5 Å². The predicted octanol–water partition coefficient (Wildman–Crippen LogP) is 4.17. The monoisotopic (exact) mass is 337 g/mol. The van der Waals surface area contributed by atoms with Gasteiger partial charge in [-0.15, -0.1) is 0 Å². The van der Waals surface area contributed by atoms with Crippen molar-refractivity contribution in [2.45, 2.75) is 39.3 Å². The molecule has 0 saturated carbocycles. The van der Waals surface area contributed by atoms with Crippen LogP contribution >= 0.6 is 0 Å². The standard InChI is InChI=1S/C19H21N3O.C2H6/c1-14-6-8-15(9-7-14)22-12-10-19(11-13-22)20-17-5-3-2-4-16(17)18(23)21-19;1-2/h2-9,20H,10-13H2,1H3,(H,21,23);1-2H3. The van der Waals surface area contributed by atoms with E-state index in [9.17, 15) is 4.79 Å². The highest BCUT2D eigenvalue weighted by Gasteiger charge is 2.39. The van der Waals surface area contributed by atoms with Gasteiger partial charge in [-0.3, -0.25) is 4.79 Å². The Balaban J connectivity index is 0.000000880. The molecular weight excluding hydrogens is 310 g/mol. The number of para-hydroxylation sites is 1. The third kappa shape index (κ3) is 3.48. The van der Waals surface area contributed by atoms with E-state index in [4.69, 9.17) is 0 Å². The molecular formula is C21H27N3O. The molecule has 0 atom stereocenters. The number of carbonyl (C=O) groups excluding carboxylic acids is 1. The van der Waals surface area contributed by atoms with Crippen molar-refractivity contribution in [2.75, 3.05) is 23.3 Å². The minimum absolute atomic E-state index is 0.0307. The largest absolute Gasteiger partial charge is 0.371 e. The average molecular weight is 337 g/mol. The van der Waals surface area contributed by atoms with Gasteiger partial charge in [0, 0.05) is 37.3 Å². The molecule has 4 rings (SSSR count). The van der Waals surface area contributed by atoms with Gasteiger partial charge in [0.15, 0.2) is 0 Å². The Kier molecular flexibility index (Phi) is 4.98. The Morgan fingerprint density at radius 1 is 0.920 bits per heavy atom. The van der Waals surface area contributed by atoms with Gasteiger partial charge in [0.25, 0.3) is 5.91 Å². The molecule has 2 aromatic rings. The van der Waals surface area contributed by atoms with E-state index in [0.29, 0.717) is 0 Å². The Morgan fingerprint density at radius 2 is 1.56 bits per heavy atom. The number of anilines is 2. The molecule has 2 aliphatic heterocycles. The minimum Gasteiger partial charge on any atom is -0.371 e. The number of nitrogens with zero attached hydrogens (tertiary/aromatic N) is 1. The highest BCUT2D eigenvalue weighted by molar-refractivity contribution is 6.02. The summed E-state index contributed by atoms with van der Waals surface area (Å²) < 4.78 is 0. The lowest BCUT2D eigenvalue weighted by atomic mass is 9.92. The summed E-state index contributed by atoms with van der Waals surface area (Å²) in [5.41, 5.74) is 3.90. The molecule has 2 aliphatic rings. The van der Waals surface area contributed by atoms with Gasteiger partial charge in [0.05, 0.1) is 5.56 Å². The summed E-state index contributed by atoms with van der Waals surface area (Å²) in [6.45, 7) is 7.96. The van der Waals surface area contributed by atoms with Crippen molar-refractivity contribution in [1.29, 1.82) is 0 Å². The van der Waals surface area contributed by atoms with Gasteiger partial charge < -0.3 is 15.5 Å². The highest BCUT2D eigenvalue weighted by Crippen LogP contribution is 2.32. The van der Waals surface area contributed by atoms with Gasteiger partial charge in [-0.05, 0) is 31.2 Å². The third-order valence-corrected chi connectivity index (χ3v) is 4.91. The highest BCUT2D eigenvalue weighted by atomic mass is 16.2. The Morgan fingerprint density at radius 3 is 2.24 bits per heavy atom. The van der Waals surface area contributed by atoms with Crippen LogP contribution in [0.4, 0.5) is 11.4 Å². The third-order valence-electron chi connectivity index (χ3n) is 4.91. The first-order chi connectivity index (χ1) is 12.2. The second kappa shape index (κ2) is 7.18. The molecule has 4 heteroatoms. The molecule has 2 N–H and O–H groups in total. The molecule has 1 fully saturated rings. The van der Waals surface area contributed by atoms with Crippen LogP contribution in [0.15, 0.2) is 48.5 Å². The number of aryl methyl sites for hydroxylation is 1. The van der Waals surface area contributed by atoms with E-state index in [0.717, 1.165) is 37.2 Å². The molecule has 4 nitrogen and oxygen atoms in total. The Hall–Kier alpha value is -2.49. The second-order valence-corrected chi connectivity index (χ2v) is 6.53. The van der Waals surface area contributed by atoms with Crippen molar-refractivity contribution in [3.8, 4) is 0 Å². The van der Waals surface area contributed by atoms with Crippen LogP contribution in [-0.4, -0.2) is 24.7 Å². The molecule has 25 heavy (non-hydrogen) atoms. The van der Waals surface area contributed by atoms with Crippen molar-refractivity contribution in [1.82, 2.24) is 5.32 Å². The molecule has 1 saturated heterocycles. The van der Waals surface area contributed by atoms with Gasteiger partial charge in [-0.2, -0.15) is 0 Å². The van der Waals surface area contributed by atoms with Crippen molar-refractivity contribution >= 4 is 17.3 Å². The number of benzene rings is 2. The number of rotatable bonds is 1. The lowest BCUT2D eigenvalue weighted by Crippen LogP contribution is -2.62. The van der Waals surface area contributed by atoms with E-state index in [1.54, 1.807) is 0 Å². The maximum Gasteiger partial charge on any atom is 0.255 e. The lowest BCUT2D eigenvalue weighted by Gasteiger charge is -2.46. The van der Waals surface area contributed by atoms with Crippen molar-refractivity contribution < 1.29 is 4.79 Å². The summed E-state index contributed by atoms with van der Waals surface area (Å²) in [6.07, 6.45) is 1.78. The average Bonchev–Trinajstić information content (AvgIpc) is 2.65. The maximum absolute atomic E-state index is 12.4. The molecule has 2 heterocycles. The van der Waals surface area contributed by atoms with Crippen LogP contribution in [0, 0.1) is 6.92 Å². The van der Waals surface area contributed by atoms with Crippen LogP contribution in [0.1, 0.15) is 42.6 Å². The van der Waals surface area contributed by atoms with Crippen LogP contribution in [0.5, 0.6) is 0 Å². The molecule has 0 aliphatic carbocycles. The SMILES string of the molecule is CC.Cc1ccc(N2CCC3(CC2)NC(=O)c2ccccc2N3)cc1. The van der Waals surface area contributed by atoms with Crippen molar-refractivity contribution in [3.05, 3.63) is 59.7 Å². The predicted molar refractivity (Wildman–Crippen MR) is 104 cm³/mol. The fraction of sp³-hybridized carbons (Fsp3) is 0.381. The van der Waals surface area contributed by atoms with E-state index in [2.05, 4.69) is 46.7 Å². The topological polar surface area (TPSA) is 44.4 Å². The minimum atomic E-state index is -0.313. The molecule has 132 valence electrons. The summed E-state index contributed by atoms with van der Waals surface area (Å²) in [5, 5.41) is 6.76. The second-order valence-electron chi connectivity index (χ2n) is 6.53. The van der Waals surface area contributed by atoms with Crippen LogP contribution in [-0.2, 0) is 0 Å². The Bertz CT molecular complexity index is 731. The van der Waals surface area contributed by atoms with E-state index < -0.39 is 0 Å². The molecule has 1 spiro atoms. The van der Waals surface area contributed by atoms with E-state index in [1.165, 1.54) is 11.3 Å². The Labute approximate surface area is 150 Å². The quantitative estimate of drug-likeness (QED) is 0.821. The van der Waals surface area contributed by atoms with E-state index in [-0.39, 0.29) is 11.6 Å². The summed E-state index contributed by atoms with van der Waals surface area (Å²) >= 11 is 0. The number of fused-ring (bicyclic) bond motifs is 1. The van der Waals surface area contributed by atoms with Gasteiger partial charge in [-0.25, -0.2) is 0 Å². The smallest absolute Gasteiger partial charge is 0.255 e. The molecule has 2 aromatic carbocycles. The zero-order valence-electron chi connectivity index (χ0n) is 15.3. The number of amides is 1. The van der Waals surface area contributed by atoms with Crippen molar-refractivity contribution in [2.24, 2.45) is 0 Å². The van der Waals surface area contributed by atoms with Gasteiger partial charge in [0.2, 0.25) is 0 Å². The zero-order valence-corrected chi connectivity index (χ0v) is 15.3. The number of hydrogen-bond acceptors (Lipinski definition) is 3. The molecule has 0 unspecified atom stereocenters. The summed E-state index contributed by atoms with van der Waals surface area (Å²) in [5.74, 6) is 0.0307. The summed E-state index contributed by atoms with van der Waals surface area (Å²) in [7, 11) is 0. The molecule has 1 amide bonds. The molecule has 0 bridgehead atoms. The first kappa shape index (κ1) is 17.3. The first-order valence-corrected chi connectivity index (χ1v) is 9.17. The van der Waals surface area contributed by atoms with Gasteiger partial charge in [-0.1, -0.05) is 43.7 Å². The lowest BCUT2D eigenvalue weighted by molar-refractivity contribution is 0.0885. The maximum atomic E-state index is 12.4. The van der Waals surface area contributed by atoms with Crippen molar-refractivity contribution in [3.63, 3.8) is 0 Å². The number of piperidine rings is 1.